The minimum Gasteiger partial charge on any atom is -0.465 e. The lowest BCUT2D eigenvalue weighted by Gasteiger charge is -2.17. The van der Waals surface area contributed by atoms with Crippen LogP contribution in [0.1, 0.15) is 21.8 Å². The highest BCUT2D eigenvalue weighted by atomic mass is 16.6. The van der Waals surface area contributed by atoms with E-state index in [2.05, 4.69) is 20.5 Å². The number of aromatic nitrogens is 2. The van der Waals surface area contributed by atoms with Gasteiger partial charge >= 0.3 is 5.97 Å². The highest BCUT2D eigenvalue weighted by Gasteiger charge is 2.35. The topological polar surface area (TPSA) is 128 Å². The van der Waals surface area contributed by atoms with Crippen molar-refractivity contribution in [1.29, 1.82) is 0 Å². The van der Waals surface area contributed by atoms with Crippen molar-refractivity contribution in [3.8, 4) is 0 Å². The van der Waals surface area contributed by atoms with Crippen LogP contribution in [0.25, 0.3) is 0 Å². The number of nitro benzene ring substituents is 1. The number of esters is 1. The number of hydrogen-bond acceptors (Lipinski definition) is 7. The lowest BCUT2D eigenvalue weighted by molar-refractivity contribution is -0.384. The molecule has 1 amide bonds. The number of nitrogens with one attached hydrogen (secondary N) is 2. The third-order valence-electron chi connectivity index (χ3n) is 4.52. The fourth-order valence-electron chi connectivity index (χ4n) is 3.20. The van der Waals surface area contributed by atoms with Gasteiger partial charge in [-0.25, -0.2) is 4.79 Å². The standard InChI is InChI=1S/C17H19N5O5/c1-21-9-11(6-19-21)14-7-18-8-15(14)16(23)20-12-3-10(17(24)27-2)4-13(5-12)22(25)26/h3-6,9,14-15,18H,7-8H2,1-2H3,(H,20,23)/t14-,15+/m1/s1. The number of anilines is 1. The van der Waals surface area contributed by atoms with Crippen LogP contribution in [-0.2, 0) is 16.6 Å². The van der Waals surface area contributed by atoms with Gasteiger partial charge in [0.1, 0.15) is 0 Å². The number of aryl methyl sites for hydroxylation is 1. The second-order valence-corrected chi connectivity index (χ2v) is 6.33. The van der Waals surface area contributed by atoms with E-state index in [1.165, 1.54) is 19.2 Å². The largest absolute Gasteiger partial charge is 0.465 e. The minimum absolute atomic E-state index is 0.00430. The van der Waals surface area contributed by atoms with Crippen LogP contribution in [0.2, 0.25) is 0 Å². The number of carbonyl (C=O) groups is 2. The maximum Gasteiger partial charge on any atom is 0.338 e. The first-order valence-electron chi connectivity index (χ1n) is 8.27. The van der Waals surface area contributed by atoms with Crippen molar-refractivity contribution in [2.75, 3.05) is 25.5 Å². The SMILES string of the molecule is COC(=O)c1cc(NC(=O)[C@H]2CNC[C@@H]2c2cnn(C)c2)cc([N+](=O)[O-])c1. The van der Waals surface area contributed by atoms with Gasteiger partial charge in [0, 0.05) is 50.1 Å². The molecular weight excluding hydrogens is 354 g/mol. The van der Waals surface area contributed by atoms with E-state index in [0.717, 1.165) is 11.6 Å². The van der Waals surface area contributed by atoms with E-state index in [-0.39, 0.29) is 34.7 Å². The molecule has 1 aromatic carbocycles. The molecule has 1 aliphatic rings. The number of ether oxygens (including phenoxy) is 1. The van der Waals surface area contributed by atoms with Crippen molar-refractivity contribution in [3.05, 3.63) is 51.8 Å². The Kier molecular flexibility index (Phi) is 5.17. The quantitative estimate of drug-likeness (QED) is 0.455. The molecule has 2 N–H and O–H groups in total. The number of nitrogens with zero attached hydrogens (tertiary/aromatic N) is 3. The number of amides is 1. The van der Waals surface area contributed by atoms with E-state index in [4.69, 9.17) is 0 Å². The van der Waals surface area contributed by atoms with Gasteiger partial charge in [-0.2, -0.15) is 5.10 Å². The van der Waals surface area contributed by atoms with Gasteiger partial charge < -0.3 is 15.4 Å². The summed E-state index contributed by atoms with van der Waals surface area (Å²) in [6.45, 7) is 1.11. The molecule has 1 aliphatic heterocycles. The lowest BCUT2D eigenvalue weighted by Crippen LogP contribution is -2.28. The van der Waals surface area contributed by atoms with E-state index in [0.29, 0.717) is 13.1 Å². The average Bonchev–Trinajstić information content (AvgIpc) is 3.29. The van der Waals surface area contributed by atoms with Gasteiger partial charge in [-0.3, -0.25) is 19.6 Å². The van der Waals surface area contributed by atoms with Crippen molar-refractivity contribution < 1.29 is 19.2 Å². The molecule has 2 aromatic rings. The van der Waals surface area contributed by atoms with Crippen LogP contribution in [0, 0.1) is 16.0 Å². The Morgan fingerprint density at radius 1 is 1.37 bits per heavy atom. The van der Waals surface area contributed by atoms with Gasteiger partial charge in [0.2, 0.25) is 5.91 Å². The summed E-state index contributed by atoms with van der Waals surface area (Å²) in [5.41, 5.74) is 0.806. The number of nitro groups is 1. The predicted octanol–water partition coefficient (Wildman–Crippen LogP) is 1.06. The van der Waals surface area contributed by atoms with E-state index in [9.17, 15) is 19.7 Å². The molecular formula is C17H19N5O5. The second-order valence-electron chi connectivity index (χ2n) is 6.33. The molecule has 0 spiro atoms. The molecule has 2 heterocycles. The molecule has 1 aromatic heterocycles. The molecule has 27 heavy (non-hydrogen) atoms. The maximum atomic E-state index is 12.8. The number of carbonyl (C=O) groups excluding carboxylic acids is 2. The second kappa shape index (κ2) is 7.54. The van der Waals surface area contributed by atoms with Crippen molar-refractivity contribution in [2.24, 2.45) is 13.0 Å². The van der Waals surface area contributed by atoms with Gasteiger partial charge in [0.25, 0.3) is 5.69 Å². The Morgan fingerprint density at radius 2 is 2.15 bits per heavy atom. The summed E-state index contributed by atoms with van der Waals surface area (Å²) in [5.74, 6) is -1.43. The summed E-state index contributed by atoms with van der Waals surface area (Å²) >= 11 is 0. The Labute approximate surface area is 154 Å². The lowest BCUT2D eigenvalue weighted by atomic mass is 9.90. The van der Waals surface area contributed by atoms with Crippen molar-refractivity contribution in [3.63, 3.8) is 0 Å². The van der Waals surface area contributed by atoms with Crippen molar-refractivity contribution in [2.45, 2.75) is 5.92 Å². The third-order valence-corrected chi connectivity index (χ3v) is 4.52. The molecule has 0 saturated carbocycles. The minimum atomic E-state index is -0.718. The van der Waals surface area contributed by atoms with Crippen LogP contribution < -0.4 is 10.6 Å². The summed E-state index contributed by atoms with van der Waals surface area (Å²) in [7, 11) is 2.99. The number of hydrogen-bond donors (Lipinski definition) is 2. The van der Waals surface area contributed by atoms with Gasteiger partial charge in [-0.05, 0) is 11.6 Å². The highest BCUT2D eigenvalue weighted by Crippen LogP contribution is 2.29. The van der Waals surface area contributed by atoms with Crippen molar-refractivity contribution >= 4 is 23.3 Å². The fourth-order valence-corrected chi connectivity index (χ4v) is 3.20. The molecule has 0 bridgehead atoms. The number of methoxy groups -OCH3 is 1. The summed E-state index contributed by atoms with van der Waals surface area (Å²) < 4.78 is 6.29. The molecule has 0 aliphatic carbocycles. The molecule has 10 nitrogen and oxygen atoms in total. The van der Waals surface area contributed by atoms with Crippen LogP contribution in [0.15, 0.2) is 30.6 Å². The zero-order chi connectivity index (χ0) is 19.6. The van der Waals surface area contributed by atoms with Gasteiger partial charge in [-0.15, -0.1) is 0 Å². The summed E-state index contributed by atoms with van der Waals surface area (Å²) in [4.78, 5) is 35.0. The van der Waals surface area contributed by atoms with Crippen LogP contribution in [0.3, 0.4) is 0 Å². The first kappa shape index (κ1) is 18.5. The molecule has 1 saturated heterocycles. The molecule has 1 fully saturated rings. The molecule has 3 rings (SSSR count). The summed E-state index contributed by atoms with van der Waals surface area (Å²) in [6.07, 6.45) is 3.58. The zero-order valence-electron chi connectivity index (χ0n) is 14.8. The molecule has 10 heteroatoms. The maximum absolute atomic E-state index is 12.8. The van der Waals surface area contributed by atoms with Gasteiger partial charge in [0.15, 0.2) is 0 Å². The normalized spacial score (nSPS) is 18.9. The number of rotatable bonds is 5. The van der Waals surface area contributed by atoms with Crippen LogP contribution in [-0.4, -0.2) is 46.8 Å². The van der Waals surface area contributed by atoms with Gasteiger partial charge in [0.05, 0.1) is 29.7 Å². The Bertz CT molecular complexity index is 894. The smallest absolute Gasteiger partial charge is 0.338 e. The zero-order valence-corrected chi connectivity index (χ0v) is 14.8. The van der Waals surface area contributed by atoms with Gasteiger partial charge in [-0.1, -0.05) is 0 Å². The molecule has 0 radical (unpaired) electrons. The predicted molar refractivity (Wildman–Crippen MR) is 95.4 cm³/mol. The molecule has 2 atom stereocenters. The first-order valence-corrected chi connectivity index (χ1v) is 8.27. The molecule has 142 valence electrons. The van der Waals surface area contributed by atoms with E-state index >= 15 is 0 Å². The monoisotopic (exact) mass is 373 g/mol. The highest BCUT2D eigenvalue weighted by molar-refractivity contribution is 5.97. The van der Waals surface area contributed by atoms with Crippen LogP contribution in [0.5, 0.6) is 0 Å². The Hall–Kier alpha value is -3.27. The number of benzene rings is 1. The summed E-state index contributed by atoms with van der Waals surface area (Å²) in [6, 6.07) is 3.68. The van der Waals surface area contributed by atoms with E-state index in [1.807, 2.05) is 6.20 Å². The third kappa shape index (κ3) is 3.95. The molecule has 0 unspecified atom stereocenters. The Morgan fingerprint density at radius 3 is 2.78 bits per heavy atom. The fraction of sp³-hybridized carbons (Fsp3) is 0.353. The van der Waals surface area contributed by atoms with Crippen LogP contribution >= 0.6 is 0 Å². The van der Waals surface area contributed by atoms with E-state index < -0.39 is 10.9 Å². The van der Waals surface area contributed by atoms with Crippen LogP contribution in [0.4, 0.5) is 11.4 Å². The average molecular weight is 373 g/mol. The first-order chi connectivity index (χ1) is 12.9. The number of non-ortho nitro benzene ring substituents is 1. The van der Waals surface area contributed by atoms with Crippen molar-refractivity contribution in [1.82, 2.24) is 15.1 Å². The Balaban J connectivity index is 1.83. The van der Waals surface area contributed by atoms with E-state index in [1.54, 1.807) is 17.9 Å². The summed E-state index contributed by atoms with van der Waals surface area (Å²) in [5, 5.41) is 21.1.